The lowest BCUT2D eigenvalue weighted by Gasteiger charge is -2.18. The van der Waals surface area contributed by atoms with Gasteiger partial charge in [-0.15, -0.1) is 11.3 Å². The number of amides is 1. The maximum Gasteiger partial charge on any atom is 0.233 e. The van der Waals surface area contributed by atoms with Crippen molar-refractivity contribution in [3.63, 3.8) is 0 Å². The molecule has 7 heteroatoms. The van der Waals surface area contributed by atoms with Gasteiger partial charge in [-0.05, 0) is 59.3 Å². The van der Waals surface area contributed by atoms with Gasteiger partial charge in [-0.25, -0.2) is 4.98 Å². The smallest absolute Gasteiger partial charge is 0.233 e. The molecule has 2 heterocycles. The monoisotopic (exact) mass is 435 g/mol. The predicted octanol–water partition coefficient (Wildman–Crippen LogP) is 4.41. The zero-order valence-electron chi connectivity index (χ0n) is 13.9. The van der Waals surface area contributed by atoms with Crippen LogP contribution in [0.15, 0.2) is 27.0 Å². The molecular formula is C18H18BrN3OS2. The van der Waals surface area contributed by atoms with Gasteiger partial charge in [-0.2, -0.15) is 5.26 Å². The van der Waals surface area contributed by atoms with Gasteiger partial charge in [0.05, 0.1) is 17.9 Å². The van der Waals surface area contributed by atoms with Gasteiger partial charge in [0, 0.05) is 27.5 Å². The number of thiophene rings is 1. The Bertz CT molecular complexity index is 828. The number of hydrogen-bond acceptors (Lipinski definition) is 5. The number of carbonyl (C=O) groups excluding carboxylic acids is 1. The van der Waals surface area contributed by atoms with Crippen molar-refractivity contribution in [2.75, 3.05) is 12.8 Å². The summed E-state index contributed by atoms with van der Waals surface area (Å²) in [6, 6.07) is 6.22. The van der Waals surface area contributed by atoms with Gasteiger partial charge in [0.15, 0.2) is 0 Å². The highest BCUT2D eigenvalue weighted by molar-refractivity contribution is 9.10. The molecule has 4 nitrogen and oxygen atoms in total. The van der Waals surface area contributed by atoms with E-state index in [1.54, 1.807) is 16.2 Å². The fraction of sp³-hybridized carbons (Fsp3) is 0.389. The van der Waals surface area contributed by atoms with Crippen LogP contribution >= 0.6 is 39.0 Å². The molecule has 0 N–H and O–H groups in total. The molecule has 0 atom stereocenters. The van der Waals surface area contributed by atoms with Crippen molar-refractivity contribution < 1.29 is 4.79 Å². The molecule has 0 fully saturated rings. The molecule has 0 spiro atoms. The number of hydrogen-bond donors (Lipinski definition) is 0. The summed E-state index contributed by atoms with van der Waals surface area (Å²) in [5, 5.41) is 12.1. The molecule has 130 valence electrons. The molecule has 1 aliphatic carbocycles. The van der Waals surface area contributed by atoms with Crippen LogP contribution in [-0.4, -0.2) is 28.6 Å². The topological polar surface area (TPSA) is 57.0 Å². The summed E-state index contributed by atoms with van der Waals surface area (Å²) in [6.07, 6.45) is 4.28. The standard InChI is InChI=1S/C18H18BrN3OS2/c1-22(9-15-7-14(19)10-24-15)17(23)11-25-18-13(8-20)6-12-4-2-3-5-16(12)21-18/h6-7,10H,2-5,9,11H2,1H3. The minimum Gasteiger partial charge on any atom is -0.340 e. The molecule has 2 aromatic rings. The van der Waals surface area contributed by atoms with Crippen molar-refractivity contribution in [1.82, 2.24) is 9.88 Å². The zero-order valence-corrected chi connectivity index (χ0v) is 17.1. The van der Waals surface area contributed by atoms with E-state index in [4.69, 9.17) is 0 Å². The Morgan fingerprint density at radius 3 is 2.96 bits per heavy atom. The number of aromatic nitrogens is 1. The molecule has 2 aromatic heterocycles. The van der Waals surface area contributed by atoms with E-state index in [1.165, 1.54) is 17.3 Å². The first-order chi connectivity index (χ1) is 12.1. The molecule has 0 bridgehead atoms. The van der Waals surface area contributed by atoms with Crippen molar-refractivity contribution in [3.05, 3.63) is 43.7 Å². The number of carbonyl (C=O) groups is 1. The first-order valence-electron chi connectivity index (χ1n) is 8.09. The van der Waals surface area contributed by atoms with E-state index in [0.717, 1.165) is 40.7 Å². The van der Waals surface area contributed by atoms with Crippen molar-refractivity contribution in [2.45, 2.75) is 37.3 Å². The predicted molar refractivity (Wildman–Crippen MR) is 105 cm³/mol. The number of fused-ring (bicyclic) bond motifs is 1. The second-order valence-corrected chi connectivity index (χ2v) is 8.91. The van der Waals surface area contributed by atoms with Gasteiger partial charge in [-0.1, -0.05) is 11.8 Å². The Morgan fingerprint density at radius 2 is 2.24 bits per heavy atom. The van der Waals surface area contributed by atoms with Gasteiger partial charge in [0.2, 0.25) is 5.91 Å². The number of thioether (sulfide) groups is 1. The fourth-order valence-corrected chi connectivity index (χ4v) is 5.22. The van der Waals surface area contributed by atoms with Gasteiger partial charge < -0.3 is 4.90 Å². The van der Waals surface area contributed by atoms with Crippen LogP contribution in [0.2, 0.25) is 0 Å². The fourth-order valence-electron chi connectivity index (χ4n) is 2.80. The summed E-state index contributed by atoms with van der Waals surface area (Å²) in [7, 11) is 1.81. The summed E-state index contributed by atoms with van der Waals surface area (Å²) >= 11 is 6.42. The Hall–Kier alpha value is -1.36. The van der Waals surface area contributed by atoms with Gasteiger partial charge in [0.25, 0.3) is 0 Å². The van der Waals surface area contributed by atoms with Crippen molar-refractivity contribution in [1.29, 1.82) is 5.26 Å². The van der Waals surface area contributed by atoms with E-state index < -0.39 is 0 Å². The molecule has 0 aliphatic heterocycles. The highest BCUT2D eigenvalue weighted by Gasteiger charge is 2.17. The third kappa shape index (κ3) is 4.63. The summed E-state index contributed by atoms with van der Waals surface area (Å²) in [4.78, 5) is 19.9. The maximum atomic E-state index is 12.4. The second-order valence-electron chi connectivity index (χ2n) is 6.04. The molecule has 1 amide bonds. The van der Waals surface area contributed by atoms with E-state index in [2.05, 4.69) is 27.0 Å². The number of halogens is 1. The highest BCUT2D eigenvalue weighted by Crippen LogP contribution is 2.27. The van der Waals surface area contributed by atoms with Crippen LogP contribution in [0, 0.1) is 11.3 Å². The van der Waals surface area contributed by atoms with Crippen LogP contribution in [0.5, 0.6) is 0 Å². The van der Waals surface area contributed by atoms with Gasteiger partial charge in [-0.3, -0.25) is 4.79 Å². The maximum absolute atomic E-state index is 12.4. The van der Waals surface area contributed by atoms with Crippen LogP contribution in [0.1, 0.15) is 34.5 Å². The van der Waals surface area contributed by atoms with E-state index in [1.807, 2.05) is 24.6 Å². The Labute approximate surface area is 164 Å². The van der Waals surface area contributed by atoms with E-state index in [9.17, 15) is 10.1 Å². The molecule has 25 heavy (non-hydrogen) atoms. The number of nitriles is 1. The van der Waals surface area contributed by atoms with Crippen LogP contribution < -0.4 is 0 Å². The lowest BCUT2D eigenvalue weighted by Crippen LogP contribution is -2.27. The summed E-state index contributed by atoms with van der Waals surface area (Å²) in [5.74, 6) is 0.335. The van der Waals surface area contributed by atoms with Crippen LogP contribution in [0.4, 0.5) is 0 Å². The lowest BCUT2D eigenvalue weighted by molar-refractivity contribution is -0.127. The first-order valence-corrected chi connectivity index (χ1v) is 10.7. The number of nitrogens with zero attached hydrogens (tertiary/aromatic N) is 3. The molecule has 0 aromatic carbocycles. The molecule has 3 rings (SSSR count). The molecule has 1 aliphatic rings. The SMILES string of the molecule is CN(Cc1cc(Br)cs1)C(=O)CSc1nc2c(cc1C#N)CCCC2. The average molecular weight is 436 g/mol. The Morgan fingerprint density at radius 1 is 1.44 bits per heavy atom. The minimum atomic E-state index is 0.0398. The largest absolute Gasteiger partial charge is 0.340 e. The number of pyridine rings is 1. The van der Waals surface area contributed by atoms with Gasteiger partial charge >= 0.3 is 0 Å². The summed E-state index contributed by atoms with van der Waals surface area (Å²) in [6.45, 7) is 0.596. The molecular weight excluding hydrogens is 418 g/mol. The quantitative estimate of drug-likeness (QED) is 0.652. The molecule has 0 saturated heterocycles. The van der Waals surface area contributed by atoms with Crippen LogP contribution in [0.25, 0.3) is 0 Å². The van der Waals surface area contributed by atoms with E-state index >= 15 is 0 Å². The lowest BCUT2D eigenvalue weighted by atomic mass is 9.95. The number of rotatable bonds is 5. The first kappa shape index (κ1) is 18.4. The Kier molecular flexibility index (Phi) is 6.15. The van der Waals surface area contributed by atoms with Crippen LogP contribution in [-0.2, 0) is 24.2 Å². The normalized spacial score (nSPS) is 13.2. The van der Waals surface area contributed by atoms with Gasteiger partial charge in [0.1, 0.15) is 11.1 Å². The summed E-state index contributed by atoms with van der Waals surface area (Å²) < 4.78 is 1.04. The third-order valence-electron chi connectivity index (χ3n) is 4.16. The zero-order chi connectivity index (χ0) is 17.8. The highest BCUT2D eigenvalue weighted by atomic mass is 79.9. The van der Waals surface area contributed by atoms with Crippen molar-refractivity contribution >= 4 is 44.9 Å². The molecule has 0 unspecified atom stereocenters. The van der Waals surface area contributed by atoms with E-state index in [-0.39, 0.29) is 5.91 Å². The molecule has 0 radical (unpaired) electrons. The summed E-state index contributed by atoms with van der Waals surface area (Å²) in [5.41, 5.74) is 2.87. The third-order valence-corrected chi connectivity index (χ3v) is 6.82. The van der Waals surface area contributed by atoms with E-state index in [0.29, 0.717) is 22.9 Å². The second kappa shape index (κ2) is 8.35. The average Bonchev–Trinajstić information content (AvgIpc) is 3.03. The Balaban J connectivity index is 1.64. The van der Waals surface area contributed by atoms with Crippen molar-refractivity contribution in [2.24, 2.45) is 0 Å². The molecule has 0 saturated carbocycles. The van der Waals surface area contributed by atoms with Crippen LogP contribution in [0.3, 0.4) is 0 Å². The van der Waals surface area contributed by atoms with Crippen molar-refractivity contribution in [3.8, 4) is 6.07 Å². The number of aryl methyl sites for hydroxylation is 2. The minimum absolute atomic E-state index is 0.0398.